The first-order valence-electron chi connectivity index (χ1n) is 13.7. The van der Waals surface area contributed by atoms with Crippen LogP contribution in [-0.2, 0) is 17.9 Å². The van der Waals surface area contributed by atoms with E-state index in [1.807, 2.05) is 54.3 Å². The first-order chi connectivity index (χ1) is 18.5. The summed E-state index contributed by atoms with van der Waals surface area (Å²) in [7, 11) is 0. The summed E-state index contributed by atoms with van der Waals surface area (Å²) < 4.78 is 0. The van der Waals surface area contributed by atoms with Gasteiger partial charge >= 0.3 is 6.09 Å². The van der Waals surface area contributed by atoms with Crippen LogP contribution < -0.4 is 4.90 Å². The Morgan fingerprint density at radius 2 is 1.42 bits per heavy atom. The van der Waals surface area contributed by atoms with Crippen molar-refractivity contribution in [2.75, 3.05) is 18.0 Å². The number of nitrogens with zero attached hydrogens (tertiary/aromatic N) is 3. The molecule has 200 valence electrons. The first-order valence-corrected chi connectivity index (χ1v) is 13.7. The van der Waals surface area contributed by atoms with Gasteiger partial charge in [0.2, 0.25) is 5.91 Å². The number of hydrogen-bond donors (Lipinski definition) is 1. The summed E-state index contributed by atoms with van der Waals surface area (Å²) in [6, 6.07) is 30.6. The highest BCUT2D eigenvalue weighted by Crippen LogP contribution is 2.29. The second-order valence-corrected chi connectivity index (χ2v) is 10.1. The molecule has 0 bridgehead atoms. The van der Waals surface area contributed by atoms with Gasteiger partial charge in [0.05, 0.1) is 0 Å². The number of likely N-dealkylation sites (tertiary alicyclic amines) is 1. The molecule has 6 heteroatoms. The number of rotatable bonds is 11. The molecule has 38 heavy (non-hydrogen) atoms. The molecule has 1 saturated heterocycles. The zero-order valence-corrected chi connectivity index (χ0v) is 22.3. The Morgan fingerprint density at radius 3 is 1.95 bits per heavy atom. The van der Waals surface area contributed by atoms with E-state index in [1.54, 1.807) is 4.90 Å². The van der Waals surface area contributed by atoms with Crippen LogP contribution >= 0.6 is 0 Å². The number of piperidine rings is 1. The fourth-order valence-corrected chi connectivity index (χ4v) is 5.56. The van der Waals surface area contributed by atoms with Crippen molar-refractivity contribution in [3.05, 3.63) is 102 Å². The van der Waals surface area contributed by atoms with Crippen LogP contribution in [0.3, 0.4) is 0 Å². The molecule has 2 amide bonds. The Labute approximate surface area is 226 Å². The van der Waals surface area contributed by atoms with E-state index >= 15 is 0 Å². The predicted molar refractivity (Wildman–Crippen MR) is 152 cm³/mol. The highest BCUT2D eigenvalue weighted by molar-refractivity contribution is 5.93. The normalized spacial score (nSPS) is 17.4. The number of benzene rings is 3. The lowest BCUT2D eigenvalue weighted by Crippen LogP contribution is -2.53. The molecule has 1 heterocycles. The van der Waals surface area contributed by atoms with Crippen molar-refractivity contribution in [3.8, 4) is 0 Å². The fourth-order valence-electron chi connectivity index (χ4n) is 5.56. The van der Waals surface area contributed by atoms with Crippen LogP contribution in [0.1, 0.15) is 50.2 Å². The third kappa shape index (κ3) is 7.45. The average Bonchev–Trinajstić information content (AvgIpc) is 2.94. The quantitative estimate of drug-likeness (QED) is 0.321. The van der Waals surface area contributed by atoms with Gasteiger partial charge in [0.25, 0.3) is 0 Å². The number of para-hydroxylation sites is 1. The first kappa shape index (κ1) is 27.4. The van der Waals surface area contributed by atoms with Crippen LogP contribution in [-0.4, -0.2) is 52.1 Å². The molecule has 0 spiro atoms. The molecule has 6 nitrogen and oxygen atoms in total. The predicted octanol–water partition coefficient (Wildman–Crippen LogP) is 6.42. The number of hydrogen-bond acceptors (Lipinski definition) is 3. The van der Waals surface area contributed by atoms with Crippen molar-refractivity contribution < 1.29 is 14.7 Å². The van der Waals surface area contributed by atoms with Crippen LogP contribution in [0.2, 0.25) is 0 Å². The van der Waals surface area contributed by atoms with E-state index in [2.05, 4.69) is 53.4 Å². The average molecular weight is 514 g/mol. The SMILES string of the molecule is CCC(=O)N(c1ccccc1)C1CCN(C(=O)O)[C@@H](CCCN(Cc2ccccc2)Cc2ccccc2)C1. The third-order valence-corrected chi connectivity index (χ3v) is 7.41. The van der Waals surface area contributed by atoms with Crippen molar-refractivity contribution in [2.45, 2.75) is 64.2 Å². The molecule has 0 aromatic heterocycles. The Kier molecular flexibility index (Phi) is 9.93. The Hall–Kier alpha value is -3.64. The third-order valence-electron chi connectivity index (χ3n) is 7.41. The summed E-state index contributed by atoms with van der Waals surface area (Å²) in [6.45, 7) is 4.89. The molecule has 1 aliphatic heterocycles. The summed E-state index contributed by atoms with van der Waals surface area (Å²) in [4.78, 5) is 31.0. The van der Waals surface area contributed by atoms with E-state index in [1.165, 1.54) is 11.1 Å². The van der Waals surface area contributed by atoms with Gasteiger partial charge in [-0.3, -0.25) is 9.69 Å². The van der Waals surface area contributed by atoms with E-state index < -0.39 is 6.09 Å². The number of carbonyl (C=O) groups is 2. The molecule has 3 aromatic carbocycles. The van der Waals surface area contributed by atoms with Crippen molar-refractivity contribution in [3.63, 3.8) is 0 Å². The molecule has 1 N–H and O–H groups in total. The van der Waals surface area contributed by atoms with Crippen molar-refractivity contribution in [1.82, 2.24) is 9.80 Å². The monoisotopic (exact) mass is 513 g/mol. The summed E-state index contributed by atoms with van der Waals surface area (Å²) >= 11 is 0. The highest BCUT2D eigenvalue weighted by Gasteiger charge is 2.36. The van der Waals surface area contributed by atoms with Crippen LogP contribution in [0.25, 0.3) is 0 Å². The summed E-state index contributed by atoms with van der Waals surface area (Å²) in [5, 5.41) is 9.94. The molecular weight excluding hydrogens is 474 g/mol. The van der Waals surface area contributed by atoms with Gasteiger partial charge < -0.3 is 14.9 Å². The Balaban J connectivity index is 1.44. The summed E-state index contributed by atoms with van der Waals surface area (Å²) in [5.74, 6) is 0.0839. The van der Waals surface area contributed by atoms with Gasteiger partial charge in [-0.25, -0.2) is 4.79 Å². The molecule has 3 aromatic rings. The Morgan fingerprint density at radius 1 is 0.868 bits per heavy atom. The van der Waals surface area contributed by atoms with Crippen molar-refractivity contribution in [2.24, 2.45) is 0 Å². The lowest BCUT2D eigenvalue weighted by molar-refractivity contribution is -0.119. The lowest BCUT2D eigenvalue weighted by atomic mass is 9.92. The number of amides is 2. The van der Waals surface area contributed by atoms with E-state index in [0.29, 0.717) is 25.8 Å². The summed E-state index contributed by atoms with van der Waals surface area (Å²) in [5.41, 5.74) is 3.43. The minimum absolute atomic E-state index is 0.00445. The van der Waals surface area contributed by atoms with Crippen molar-refractivity contribution >= 4 is 17.7 Å². The second kappa shape index (κ2) is 13.8. The molecule has 0 radical (unpaired) electrons. The topological polar surface area (TPSA) is 64.1 Å². The van der Waals surface area contributed by atoms with Gasteiger partial charge in [-0.05, 0) is 55.5 Å². The van der Waals surface area contributed by atoms with Gasteiger partial charge in [-0.15, -0.1) is 0 Å². The largest absolute Gasteiger partial charge is 0.465 e. The van der Waals surface area contributed by atoms with Crippen LogP contribution in [0.4, 0.5) is 10.5 Å². The van der Waals surface area contributed by atoms with Crippen molar-refractivity contribution in [1.29, 1.82) is 0 Å². The molecule has 1 unspecified atom stereocenters. The lowest BCUT2D eigenvalue weighted by Gasteiger charge is -2.42. The van der Waals surface area contributed by atoms with E-state index in [4.69, 9.17) is 0 Å². The minimum Gasteiger partial charge on any atom is -0.465 e. The molecule has 1 aliphatic rings. The van der Waals surface area contributed by atoms with Gasteiger partial charge in [0.1, 0.15) is 0 Å². The maximum atomic E-state index is 13.0. The molecular formula is C32H39N3O3. The molecule has 4 rings (SSSR count). The van der Waals surface area contributed by atoms with Gasteiger partial charge in [-0.1, -0.05) is 85.8 Å². The zero-order valence-electron chi connectivity index (χ0n) is 22.3. The van der Waals surface area contributed by atoms with E-state index in [9.17, 15) is 14.7 Å². The minimum atomic E-state index is -0.869. The highest BCUT2D eigenvalue weighted by atomic mass is 16.4. The van der Waals surface area contributed by atoms with Crippen LogP contribution in [0, 0.1) is 0 Å². The number of carboxylic acid groups (broad SMARTS) is 1. The van der Waals surface area contributed by atoms with E-state index in [-0.39, 0.29) is 18.0 Å². The second-order valence-electron chi connectivity index (χ2n) is 10.1. The maximum Gasteiger partial charge on any atom is 0.407 e. The molecule has 0 aliphatic carbocycles. The number of carbonyl (C=O) groups excluding carboxylic acids is 1. The van der Waals surface area contributed by atoms with E-state index in [0.717, 1.165) is 38.2 Å². The fraction of sp³-hybridized carbons (Fsp3) is 0.375. The molecule has 1 fully saturated rings. The van der Waals surface area contributed by atoms with Gasteiger partial charge in [-0.2, -0.15) is 0 Å². The molecule has 0 saturated carbocycles. The van der Waals surface area contributed by atoms with Crippen LogP contribution in [0.5, 0.6) is 0 Å². The van der Waals surface area contributed by atoms with Gasteiger partial charge in [0, 0.05) is 43.8 Å². The zero-order chi connectivity index (χ0) is 26.7. The Bertz CT molecular complexity index is 1100. The maximum absolute atomic E-state index is 13.0. The molecule has 2 atom stereocenters. The van der Waals surface area contributed by atoms with Crippen LogP contribution in [0.15, 0.2) is 91.0 Å². The summed E-state index contributed by atoms with van der Waals surface area (Å²) in [6.07, 6.45) is 2.51. The smallest absolute Gasteiger partial charge is 0.407 e. The number of anilines is 1. The standard InChI is InChI=1S/C32H39N3O3/c1-2-31(36)35(28-17-10-5-11-18-28)30-20-22-34(32(37)38)29(23-30)19-12-21-33(24-26-13-6-3-7-14-26)25-27-15-8-4-9-16-27/h3-11,13-18,29-30H,2,12,19-25H2,1H3,(H,37,38)/t29-,30?/m0/s1. The van der Waals surface area contributed by atoms with Gasteiger partial charge in [0.15, 0.2) is 0 Å².